The van der Waals surface area contributed by atoms with Gasteiger partial charge in [0.05, 0.1) is 92.2 Å². The summed E-state index contributed by atoms with van der Waals surface area (Å²) in [5.74, 6) is 0. The summed E-state index contributed by atoms with van der Waals surface area (Å²) in [5.41, 5.74) is 1.94. The highest BCUT2D eigenvalue weighted by Crippen LogP contribution is 2.32. The first-order valence-electron chi connectivity index (χ1n) is 25.3. The molecule has 4 heterocycles. The summed E-state index contributed by atoms with van der Waals surface area (Å²) < 4.78 is 70.2. The van der Waals surface area contributed by atoms with Gasteiger partial charge in [-0.15, -0.1) is 0 Å². The van der Waals surface area contributed by atoms with Gasteiger partial charge >= 0.3 is 12.2 Å². The number of halogens is 4. The Morgan fingerprint density at radius 3 is 1.27 bits per heavy atom. The highest BCUT2D eigenvalue weighted by Gasteiger charge is 2.34. The smallest absolute Gasteiger partial charge is 0.407 e. The number of pyridine rings is 2. The summed E-state index contributed by atoms with van der Waals surface area (Å²) in [4.78, 5) is 42.5. The van der Waals surface area contributed by atoms with Crippen molar-refractivity contribution in [1.29, 1.82) is 0 Å². The van der Waals surface area contributed by atoms with E-state index in [4.69, 9.17) is 55.9 Å². The number of aliphatic hydroxyl groups is 2. The van der Waals surface area contributed by atoms with Crippen molar-refractivity contribution in [2.75, 3.05) is 13.1 Å². The number of nitrogens with zero attached hydrogens (tertiary/aromatic N) is 6. The number of carbonyl (C=O) groups excluding carboxylic acids is 2. The lowest BCUT2D eigenvalue weighted by Crippen LogP contribution is -2.50. The highest BCUT2D eigenvalue weighted by molar-refractivity contribution is 7.89. The zero-order valence-corrected chi connectivity index (χ0v) is 49.4. The number of carbonyl (C=O) groups is 2. The van der Waals surface area contributed by atoms with E-state index in [-0.39, 0.29) is 23.1 Å². The van der Waals surface area contributed by atoms with Gasteiger partial charge in [-0.2, -0.15) is 0 Å². The number of amides is 2. The van der Waals surface area contributed by atoms with Gasteiger partial charge in [0, 0.05) is 36.3 Å². The van der Waals surface area contributed by atoms with Crippen molar-refractivity contribution in [3.8, 4) is 0 Å². The molecule has 20 nitrogen and oxygen atoms in total. The van der Waals surface area contributed by atoms with Crippen molar-refractivity contribution in [3.63, 3.8) is 0 Å². The monoisotopic (exact) mass is 1200 g/mol. The quantitative estimate of drug-likeness (QED) is 0.0329. The number of sulfonamides is 2. The van der Waals surface area contributed by atoms with Crippen molar-refractivity contribution >= 4 is 101 Å². The summed E-state index contributed by atoms with van der Waals surface area (Å²) in [6, 6.07) is 14.4. The van der Waals surface area contributed by atoms with E-state index in [2.05, 4.69) is 40.0 Å². The number of nitrogens with one attached hydrogen (secondary N) is 4. The molecule has 2 aromatic carbocycles. The Bertz CT molecular complexity index is 2930. The molecule has 0 unspecified atom stereocenters. The van der Waals surface area contributed by atoms with Gasteiger partial charge in [0.25, 0.3) is 20.0 Å². The first-order valence-corrected chi connectivity index (χ1v) is 29.8. The standard InChI is InChI=1S/2C26H35Cl2N5O5S/c2*1-5-6-9-19(22(34)14-31-39(36,37)24-10-7-8-11-29-24)32-25(35)38-23(26(2,3)4)15-33-16-30-20-12-17(27)18(28)13-21(20)33/h2*7-8,10-13,16,19,22-23,31,34H,5-6,9,14-15H2,1-4H3,(H,32,35)/t19-,22+,23+;19-,22-,23+/m00/s1. The highest BCUT2D eigenvalue weighted by atomic mass is 35.5. The zero-order chi connectivity index (χ0) is 57.6. The van der Waals surface area contributed by atoms with Crippen molar-refractivity contribution in [2.24, 2.45) is 10.8 Å². The number of benzene rings is 2. The molecule has 6 N–H and O–H groups in total. The molecule has 6 atom stereocenters. The van der Waals surface area contributed by atoms with E-state index in [0.717, 1.165) is 23.9 Å². The maximum Gasteiger partial charge on any atom is 0.407 e. The molecule has 0 radical (unpaired) electrons. The number of aromatic nitrogens is 6. The van der Waals surface area contributed by atoms with Crippen LogP contribution in [0.1, 0.15) is 93.9 Å². The van der Waals surface area contributed by atoms with Crippen LogP contribution in [0.15, 0.2) is 95.8 Å². The number of hydrogen-bond donors (Lipinski definition) is 6. The van der Waals surface area contributed by atoms with E-state index in [1.54, 1.807) is 61.2 Å². The van der Waals surface area contributed by atoms with E-state index < -0.39 is 79.6 Å². The first kappa shape index (κ1) is 63.9. The fourth-order valence-electron chi connectivity index (χ4n) is 7.76. The van der Waals surface area contributed by atoms with Crippen molar-refractivity contribution in [3.05, 3.63) is 106 Å². The lowest BCUT2D eigenvalue weighted by atomic mass is 9.89. The number of imidazole rings is 2. The number of hydrogen-bond acceptors (Lipinski definition) is 14. The van der Waals surface area contributed by atoms with Crippen molar-refractivity contribution in [1.82, 2.24) is 49.1 Å². The summed E-state index contributed by atoms with van der Waals surface area (Å²) in [6.07, 6.45) is 4.99. The lowest BCUT2D eigenvalue weighted by molar-refractivity contribution is 0.0149. The molecule has 6 aromatic rings. The van der Waals surface area contributed by atoms with Crippen LogP contribution >= 0.6 is 46.4 Å². The molecule has 2 amide bonds. The predicted octanol–water partition coefficient (Wildman–Crippen LogP) is 9.55. The second-order valence-corrected chi connectivity index (χ2v) is 25.8. The molecule has 0 bridgehead atoms. The molecule has 0 saturated carbocycles. The Balaban J connectivity index is 0.000000287. The average Bonchev–Trinajstić information content (AvgIpc) is 3.96. The minimum Gasteiger partial charge on any atom is -0.444 e. The number of rotatable bonds is 24. The average molecular weight is 1200 g/mol. The Labute approximate surface area is 476 Å². The molecule has 0 saturated heterocycles. The van der Waals surface area contributed by atoms with E-state index in [1.807, 2.05) is 64.5 Å². The van der Waals surface area contributed by atoms with E-state index in [1.165, 1.54) is 24.5 Å². The van der Waals surface area contributed by atoms with Gasteiger partial charge in [0.2, 0.25) is 0 Å². The maximum absolute atomic E-state index is 13.0. The molecule has 0 aliphatic carbocycles. The van der Waals surface area contributed by atoms with Gasteiger partial charge in [0.1, 0.15) is 12.2 Å². The lowest BCUT2D eigenvalue weighted by Gasteiger charge is -2.32. The largest absolute Gasteiger partial charge is 0.444 e. The molecule has 0 spiro atoms. The van der Waals surface area contributed by atoms with Crippen LogP contribution in [0.2, 0.25) is 20.1 Å². The molecule has 26 heteroatoms. The van der Waals surface area contributed by atoms with Gasteiger partial charge in [0.15, 0.2) is 10.1 Å². The van der Waals surface area contributed by atoms with Gasteiger partial charge in [-0.25, -0.2) is 55.8 Å². The zero-order valence-electron chi connectivity index (χ0n) is 44.8. The second kappa shape index (κ2) is 28.5. The van der Waals surface area contributed by atoms with E-state index in [9.17, 15) is 36.6 Å². The summed E-state index contributed by atoms with van der Waals surface area (Å²) in [7, 11) is -7.84. The molecule has 0 aliphatic heterocycles. The van der Waals surface area contributed by atoms with Gasteiger partial charge < -0.3 is 39.5 Å². The molecule has 4 aromatic heterocycles. The van der Waals surface area contributed by atoms with Crippen LogP contribution in [0.3, 0.4) is 0 Å². The minimum atomic E-state index is -3.92. The van der Waals surface area contributed by atoms with Crippen LogP contribution < -0.4 is 20.1 Å². The van der Waals surface area contributed by atoms with Crippen molar-refractivity contribution in [2.45, 2.75) is 154 Å². The molecular weight excluding hydrogens is 1130 g/mol. The summed E-state index contributed by atoms with van der Waals surface area (Å²) >= 11 is 24.6. The Kier molecular flexibility index (Phi) is 23.4. The number of ether oxygens (including phenoxy) is 2. The van der Waals surface area contributed by atoms with Crippen molar-refractivity contribution < 1.29 is 46.1 Å². The summed E-state index contributed by atoms with van der Waals surface area (Å²) in [6.45, 7) is 15.6. The Morgan fingerprint density at radius 2 is 0.949 bits per heavy atom. The third-order valence-corrected chi connectivity index (χ3v) is 16.7. The van der Waals surface area contributed by atoms with Crippen LogP contribution in [-0.4, -0.2) is 118 Å². The van der Waals surface area contributed by atoms with Gasteiger partial charge in [-0.3, -0.25) is 0 Å². The minimum absolute atomic E-state index is 0.154. The number of unbranched alkanes of at least 4 members (excludes halogenated alkanes) is 2. The molecule has 428 valence electrons. The topological polar surface area (TPSA) is 271 Å². The fraction of sp³-hybridized carbons (Fsp3) is 0.500. The summed E-state index contributed by atoms with van der Waals surface area (Å²) in [5, 5.41) is 28.4. The van der Waals surface area contributed by atoms with E-state index in [0.29, 0.717) is 69.9 Å². The first-order chi connectivity index (χ1) is 36.6. The van der Waals surface area contributed by atoms with Crippen LogP contribution in [0, 0.1) is 10.8 Å². The van der Waals surface area contributed by atoms with Gasteiger partial charge in [-0.1, -0.05) is 140 Å². The fourth-order valence-corrected chi connectivity index (χ4v) is 10.4. The third kappa shape index (κ3) is 18.6. The number of fused-ring (bicyclic) bond motifs is 2. The Hall–Kier alpha value is -4.88. The maximum atomic E-state index is 13.0. The molecule has 0 fully saturated rings. The predicted molar refractivity (Wildman–Crippen MR) is 303 cm³/mol. The molecule has 0 aliphatic rings. The van der Waals surface area contributed by atoms with Crippen LogP contribution in [0.25, 0.3) is 22.1 Å². The van der Waals surface area contributed by atoms with Crippen LogP contribution in [0.5, 0.6) is 0 Å². The van der Waals surface area contributed by atoms with E-state index >= 15 is 0 Å². The number of aliphatic hydroxyl groups excluding tert-OH is 2. The molecular formula is C52H70Cl4N10O10S2. The van der Waals surface area contributed by atoms with Crippen LogP contribution in [0.4, 0.5) is 9.59 Å². The van der Waals surface area contributed by atoms with Gasteiger partial charge in [-0.05, 0) is 61.4 Å². The SMILES string of the molecule is CCCC[C@H](NC(=O)O[C@H](Cn1cnc2cc(Cl)c(Cl)cc21)C(C)(C)C)[C@@H](O)CNS(=O)(=O)c1ccccn1.CCCC[C@H](NC(=O)O[C@H](Cn1cnc2cc(Cl)c(Cl)cc21)C(C)(C)C)[C@H](O)CNS(=O)(=O)c1ccccn1. The Morgan fingerprint density at radius 1 is 0.590 bits per heavy atom. The molecule has 78 heavy (non-hydrogen) atoms. The molecule has 6 rings (SSSR count). The second-order valence-electron chi connectivity index (χ2n) is 20.8. The third-order valence-electron chi connectivity index (χ3n) is 12.5. The number of alkyl carbamates (subject to hydrolysis) is 2. The van der Waals surface area contributed by atoms with Crippen LogP contribution in [-0.2, 0) is 42.6 Å². The normalized spacial score (nSPS) is 14.6.